The standard InChI is InChI=1S/C15H25BrSi/c1-7-17(16,14(2,3)4)15(5,6)13-11-9-8-10-12-13/h8-12H,7H2,1-6H3. The van der Waals surface area contributed by atoms with Gasteiger partial charge in [0.2, 0.25) is 0 Å². The summed E-state index contributed by atoms with van der Waals surface area (Å²) < 4.78 is 0. The lowest BCUT2D eigenvalue weighted by molar-refractivity contribution is 0.629. The summed E-state index contributed by atoms with van der Waals surface area (Å²) in [4.78, 5) is 0. The highest BCUT2D eigenvalue weighted by Crippen LogP contribution is 2.53. The van der Waals surface area contributed by atoms with E-state index in [2.05, 4.69) is 87.2 Å². The second kappa shape index (κ2) is 4.89. The van der Waals surface area contributed by atoms with Gasteiger partial charge >= 0.3 is 0 Å². The molecule has 0 aromatic heterocycles. The molecule has 1 unspecified atom stereocenters. The molecule has 0 radical (unpaired) electrons. The van der Waals surface area contributed by atoms with Crippen LogP contribution in [0.2, 0.25) is 11.1 Å². The molecule has 1 aromatic carbocycles. The van der Waals surface area contributed by atoms with E-state index in [-0.39, 0.29) is 5.04 Å². The molecule has 0 aliphatic rings. The number of hydrogen-bond donors (Lipinski definition) is 0. The normalized spacial score (nSPS) is 16.6. The summed E-state index contributed by atoms with van der Waals surface area (Å²) in [5.41, 5.74) is 1.46. The molecule has 0 aliphatic heterocycles. The van der Waals surface area contributed by atoms with E-state index in [0.29, 0.717) is 5.04 Å². The third kappa shape index (κ3) is 2.53. The van der Waals surface area contributed by atoms with Gasteiger partial charge in [-0.1, -0.05) is 71.9 Å². The summed E-state index contributed by atoms with van der Waals surface area (Å²) in [5, 5.41) is 0.586. The van der Waals surface area contributed by atoms with Gasteiger partial charge in [0.25, 0.3) is 0 Å². The van der Waals surface area contributed by atoms with E-state index in [4.69, 9.17) is 0 Å². The van der Waals surface area contributed by atoms with E-state index >= 15 is 0 Å². The molecule has 0 N–H and O–H groups in total. The van der Waals surface area contributed by atoms with Crippen LogP contribution in [-0.2, 0) is 5.04 Å². The molecule has 2 heteroatoms. The number of benzene rings is 1. The summed E-state index contributed by atoms with van der Waals surface area (Å²) in [6, 6.07) is 12.2. The minimum atomic E-state index is -1.58. The van der Waals surface area contributed by atoms with Crippen LogP contribution in [0.5, 0.6) is 0 Å². The van der Waals surface area contributed by atoms with Crippen molar-refractivity contribution in [1.82, 2.24) is 0 Å². The van der Waals surface area contributed by atoms with Crippen LogP contribution in [0.4, 0.5) is 0 Å². The smallest absolute Gasteiger partial charge is 0.125 e. The minimum Gasteiger partial charge on any atom is -0.125 e. The van der Waals surface area contributed by atoms with Gasteiger partial charge < -0.3 is 0 Å². The molecule has 0 nitrogen and oxygen atoms in total. The number of rotatable bonds is 3. The SMILES string of the molecule is CC[Si](Br)(C(C)(C)C)C(C)(C)c1ccccc1. The van der Waals surface area contributed by atoms with Crippen molar-refractivity contribution in [2.75, 3.05) is 0 Å². The lowest BCUT2D eigenvalue weighted by atomic mass is 10.0. The largest absolute Gasteiger partial charge is 0.145 e. The van der Waals surface area contributed by atoms with Crippen molar-refractivity contribution in [2.45, 2.75) is 57.7 Å². The van der Waals surface area contributed by atoms with Crippen LogP contribution in [0.25, 0.3) is 0 Å². The number of hydrogen-bond acceptors (Lipinski definition) is 0. The third-order valence-electron chi connectivity index (χ3n) is 4.16. The summed E-state index contributed by atoms with van der Waals surface area (Å²) in [5.74, 6) is 0. The molecule has 0 saturated heterocycles. The van der Waals surface area contributed by atoms with E-state index < -0.39 is 6.69 Å². The van der Waals surface area contributed by atoms with Crippen LogP contribution >= 0.6 is 15.3 Å². The van der Waals surface area contributed by atoms with Crippen molar-refractivity contribution < 1.29 is 0 Å². The van der Waals surface area contributed by atoms with E-state index in [0.717, 1.165) is 0 Å². The molecule has 1 rings (SSSR count). The van der Waals surface area contributed by atoms with Crippen LogP contribution in [0.1, 0.15) is 47.1 Å². The van der Waals surface area contributed by atoms with Crippen LogP contribution in [0.15, 0.2) is 30.3 Å². The zero-order chi connectivity index (χ0) is 13.3. The van der Waals surface area contributed by atoms with Crippen LogP contribution in [0, 0.1) is 0 Å². The van der Waals surface area contributed by atoms with E-state index in [1.54, 1.807) is 0 Å². The predicted octanol–water partition coefficient (Wildman–Crippen LogP) is 5.66. The second-order valence-corrected chi connectivity index (χ2v) is 15.5. The molecule has 0 saturated carbocycles. The molecule has 96 valence electrons. The van der Waals surface area contributed by atoms with Crippen molar-refractivity contribution in [2.24, 2.45) is 0 Å². The van der Waals surface area contributed by atoms with Gasteiger partial charge in [-0.2, -0.15) is 0 Å². The fourth-order valence-electron chi connectivity index (χ4n) is 2.99. The van der Waals surface area contributed by atoms with Gasteiger partial charge in [0.15, 0.2) is 0 Å². The van der Waals surface area contributed by atoms with Crippen molar-refractivity contribution in [3.05, 3.63) is 35.9 Å². The van der Waals surface area contributed by atoms with Crippen LogP contribution in [-0.4, -0.2) is 6.69 Å². The monoisotopic (exact) mass is 312 g/mol. The molecule has 17 heavy (non-hydrogen) atoms. The molecule has 1 aromatic rings. The maximum absolute atomic E-state index is 4.20. The van der Waals surface area contributed by atoms with Gasteiger partial charge in [-0.3, -0.25) is 0 Å². The van der Waals surface area contributed by atoms with E-state index in [1.165, 1.54) is 11.6 Å². The van der Waals surface area contributed by atoms with Crippen molar-refractivity contribution in [3.63, 3.8) is 0 Å². The average Bonchev–Trinajstić information content (AvgIpc) is 2.27. The van der Waals surface area contributed by atoms with Gasteiger partial charge in [0.1, 0.15) is 6.69 Å². The lowest BCUT2D eigenvalue weighted by Crippen LogP contribution is -2.53. The maximum atomic E-state index is 4.20. The first-order chi connectivity index (χ1) is 7.67. The topological polar surface area (TPSA) is 0 Å². The fraction of sp³-hybridized carbons (Fsp3) is 0.600. The third-order valence-corrected chi connectivity index (χ3v) is 18.0. The number of halogens is 1. The van der Waals surface area contributed by atoms with Crippen LogP contribution in [0.3, 0.4) is 0 Å². The highest BCUT2D eigenvalue weighted by atomic mass is 79.9. The zero-order valence-corrected chi connectivity index (χ0v) is 14.6. The molecule has 0 bridgehead atoms. The Morgan fingerprint density at radius 3 is 1.82 bits per heavy atom. The Morgan fingerprint density at radius 1 is 1.00 bits per heavy atom. The molecule has 1 atom stereocenters. The maximum Gasteiger partial charge on any atom is 0.145 e. The Labute approximate surface area is 115 Å². The van der Waals surface area contributed by atoms with Gasteiger partial charge in [-0.25, -0.2) is 0 Å². The molecule has 0 heterocycles. The highest BCUT2D eigenvalue weighted by Gasteiger charge is 2.52. The quantitative estimate of drug-likeness (QED) is 0.498. The van der Waals surface area contributed by atoms with Gasteiger partial charge in [0, 0.05) is 0 Å². The first kappa shape index (κ1) is 15.0. The van der Waals surface area contributed by atoms with Crippen molar-refractivity contribution in [1.29, 1.82) is 0 Å². The molecule has 0 fully saturated rings. The summed E-state index contributed by atoms with van der Waals surface area (Å²) in [7, 11) is 0. The summed E-state index contributed by atoms with van der Waals surface area (Å²) in [6.07, 6.45) is 0. The molecule has 0 spiro atoms. The Bertz CT molecular complexity index is 364. The van der Waals surface area contributed by atoms with E-state index in [9.17, 15) is 0 Å². The van der Waals surface area contributed by atoms with Gasteiger partial charge in [-0.15, -0.1) is 15.3 Å². The molecule has 0 aliphatic carbocycles. The predicted molar refractivity (Wildman–Crippen MR) is 84.3 cm³/mol. The van der Waals surface area contributed by atoms with Crippen molar-refractivity contribution in [3.8, 4) is 0 Å². The first-order valence-electron chi connectivity index (χ1n) is 6.41. The summed E-state index contributed by atoms with van der Waals surface area (Å²) >= 11 is 4.20. The Balaban J connectivity index is 3.29. The Morgan fingerprint density at radius 2 is 1.47 bits per heavy atom. The summed E-state index contributed by atoms with van der Waals surface area (Å²) in [6.45, 7) is 12.7. The Kier molecular flexibility index (Phi) is 4.31. The highest BCUT2D eigenvalue weighted by molar-refractivity contribution is 9.26. The minimum absolute atomic E-state index is 0.237. The molecule has 0 amide bonds. The fourth-order valence-corrected chi connectivity index (χ4v) is 8.12. The Hall–Kier alpha value is -0.0831. The zero-order valence-electron chi connectivity index (χ0n) is 12.0. The molecular formula is C15H25BrSi. The van der Waals surface area contributed by atoms with Gasteiger partial charge in [-0.05, 0) is 21.7 Å². The molecular weight excluding hydrogens is 288 g/mol. The second-order valence-electron chi connectivity index (χ2n) is 6.40. The van der Waals surface area contributed by atoms with Crippen molar-refractivity contribution >= 4 is 22.0 Å². The van der Waals surface area contributed by atoms with Gasteiger partial charge in [0.05, 0.1) is 0 Å². The first-order valence-corrected chi connectivity index (χ1v) is 10.9. The lowest BCUT2D eigenvalue weighted by Gasteiger charge is -2.49. The average molecular weight is 313 g/mol. The van der Waals surface area contributed by atoms with E-state index in [1.807, 2.05) is 0 Å². The van der Waals surface area contributed by atoms with Crippen LogP contribution < -0.4 is 0 Å².